The molecule has 0 bridgehead atoms. The maximum atomic E-state index is 5.38. The Morgan fingerprint density at radius 3 is 2.78 bits per heavy atom. The monoisotopic (exact) mass is 557 g/mol. The number of methoxy groups -OCH3 is 1. The third-order valence-electron chi connectivity index (χ3n) is 3.81. The van der Waals surface area contributed by atoms with Crippen molar-refractivity contribution in [2.75, 3.05) is 13.7 Å². The van der Waals surface area contributed by atoms with Gasteiger partial charge in [0.05, 0.1) is 0 Å². The molecule has 0 aliphatic rings. The molecule has 9 heteroatoms. The van der Waals surface area contributed by atoms with Gasteiger partial charge in [0, 0.05) is 0 Å². The first-order chi connectivity index (χ1) is 12.8. The second kappa shape index (κ2) is 8.67. The van der Waals surface area contributed by atoms with E-state index in [1.54, 1.807) is 25.2 Å². The van der Waals surface area contributed by atoms with E-state index in [2.05, 4.69) is 86.1 Å². The fourth-order valence-corrected chi connectivity index (χ4v) is 4.57. The van der Waals surface area contributed by atoms with Crippen LogP contribution in [0.1, 0.15) is 20.8 Å². The second-order valence-electron chi connectivity index (χ2n) is 6.99. The Kier molecular flexibility index (Phi) is 6.71. The Bertz CT molecular complexity index is 957. The van der Waals surface area contributed by atoms with Crippen LogP contribution in [-0.2, 0) is 6.54 Å². The van der Waals surface area contributed by atoms with Crippen molar-refractivity contribution in [2.45, 2.75) is 42.9 Å². The van der Waals surface area contributed by atoms with Gasteiger partial charge in [-0.3, -0.25) is 0 Å². The van der Waals surface area contributed by atoms with Gasteiger partial charge in [0.15, 0.2) is 0 Å². The fourth-order valence-electron chi connectivity index (χ4n) is 2.51. The molecule has 0 aliphatic carbocycles. The summed E-state index contributed by atoms with van der Waals surface area (Å²) in [5, 5.41) is 4.44. The number of benzene rings is 1. The van der Waals surface area contributed by atoms with Gasteiger partial charge in [0.2, 0.25) is 0 Å². The third kappa shape index (κ3) is 5.16. The van der Waals surface area contributed by atoms with Gasteiger partial charge >= 0.3 is 187 Å². The number of nitrogens with one attached hydrogen (secondary N) is 1. The molecule has 2 radical (unpaired) electrons. The summed E-state index contributed by atoms with van der Waals surface area (Å²) in [5.41, 5.74) is 1.75. The van der Waals surface area contributed by atoms with Gasteiger partial charge in [0.1, 0.15) is 0 Å². The summed E-state index contributed by atoms with van der Waals surface area (Å²) in [6, 6.07) is 6.06. The van der Waals surface area contributed by atoms with E-state index in [-0.39, 0.29) is 5.54 Å². The molecule has 3 rings (SSSR count). The van der Waals surface area contributed by atoms with E-state index < -0.39 is 0 Å². The summed E-state index contributed by atoms with van der Waals surface area (Å²) in [6.45, 7) is 8.10. The predicted octanol–water partition coefficient (Wildman–Crippen LogP) is 2.77. The summed E-state index contributed by atoms with van der Waals surface area (Å²) in [5.74, 6) is 0.836. The molecule has 3 aromatic rings. The van der Waals surface area contributed by atoms with E-state index in [4.69, 9.17) is 9.72 Å². The van der Waals surface area contributed by atoms with Gasteiger partial charge < -0.3 is 0 Å². The van der Waals surface area contributed by atoms with E-state index in [1.165, 1.54) is 0 Å². The van der Waals surface area contributed by atoms with Crippen LogP contribution in [0.4, 0.5) is 0 Å². The van der Waals surface area contributed by atoms with Crippen LogP contribution < -0.4 is 14.5 Å². The van der Waals surface area contributed by atoms with Crippen molar-refractivity contribution in [2.24, 2.45) is 0 Å². The second-order valence-corrected chi connectivity index (χ2v) is 10.1. The van der Waals surface area contributed by atoms with E-state index in [0.29, 0.717) is 0 Å². The molecule has 0 spiro atoms. The number of hydrogen-bond acceptors (Lipinski definition) is 6. The zero-order valence-corrected chi connectivity index (χ0v) is 20.5. The van der Waals surface area contributed by atoms with Crippen molar-refractivity contribution in [1.82, 2.24) is 24.8 Å². The third-order valence-corrected chi connectivity index (χ3v) is 6.85. The fraction of sp³-hybridized carbons (Fsp3) is 0.389. The molecular weight excluding hydrogens is 536 g/mol. The quantitative estimate of drug-likeness (QED) is 0.372. The van der Waals surface area contributed by atoms with Crippen LogP contribution in [0.3, 0.4) is 0 Å². The number of imidazole rings is 1. The van der Waals surface area contributed by atoms with Crippen LogP contribution >= 0.6 is 34.4 Å². The van der Waals surface area contributed by atoms with Crippen LogP contribution in [0.5, 0.6) is 5.75 Å². The minimum atomic E-state index is 0.0632. The molecule has 2 heterocycles. The van der Waals surface area contributed by atoms with E-state index in [1.807, 2.05) is 12.1 Å². The summed E-state index contributed by atoms with van der Waals surface area (Å²) in [4.78, 5) is 14.7. The van der Waals surface area contributed by atoms with Crippen molar-refractivity contribution in [1.29, 1.82) is 0 Å². The van der Waals surface area contributed by atoms with Crippen LogP contribution in [0, 0.1) is 3.57 Å². The number of rotatable bonds is 6. The molecule has 2 aromatic heterocycles. The number of ether oxygens (including phenoxy) is 1. The number of nitrogens with zero attached hydrogens (tertiary/aromatic N) is 4. The van der Waals surface area contributed by atoms with Gasteiger partial charge in [-0.1, -0.05) is 0 Å². The first kappa shape index (κ1) is 20.9. The van der Waals surface area contributed by atoms with Crippen molar-refractivity contribution in [3.8, 4) is 5.75 Å². The standard InChI is InChI=1S/C18H21AsIN5OS/c1-18(2,3)23-7-8-25-16-14(15(19)21-10-22-16)24-17(25)27-13-9-11(26-4)5-6-12(13)20/h5-6,9-10,23H,7-8H2,1-4H3. The Morgan fingerprint density at radius 2 is 2.07 bits per heavy atom. The van der Waals surface area contributed by atoms with Gasteiger partial charge in [-0.15, -0.1) is 0 Å². The van der Waals surface area contributed by atoms with E-state index >= 15 is 0 Å². The molecule has 142 valence electrons. The summed E-state index contributed by atoms with van der Waals surface area (Å²) >= 11 is 6.44. The first-order valence-corrected chi connectivity index (χ1v) is 11.3. The van der Waals surface area contributed by atoms with Crippen LogP contribution in [-0.4, -0.2) is 55.6 Å². The van der Waals surface area contributed by atoms with Crippen molar-refractivity contribution < 1.29 is 4.74 Å². The number of aromatic nitrogens is 4. The van der Waals surface area contributed by atoms with Gasteiger partial charge in [-0.25, -0.2) is 0 Å². The zero-order chi connectivity index (χ0) is 19.6. The number of fused-ring (bicyclic) bond motifs is 1. The molecule has 27 heavy (non-hydrogen) atoms. The summed E-state index contributed by atoms with van der Waals surface area (Å²) in [6.07, 6.45) is 1.59. The zero-order valence-electron chi connectivity index (χ0n) is 15.7. The summed E-state index contributed by atoms with van der Waals surface area (Å²) in [7, 11) is 1.68. The molecule has 0 atom stereocenters. The molecule has 0 saturated carbocycles. The molecule has 1 N–H and O–H groups in total. The molecule has 0 saturated heterocycles. The van der Waals surface area contributed by atoms with Gasteiger partial charge in [-0.2, -0.15) is 0 Å². The average molecular weight is 557 g/mol. The van der Waals surface area contributed by atoms with E-state index in [9.17, 15) is 0 Å². The number of hydrogen-bond donors (Lipinski definition) is 1. The molecule has 0 unspecified atom stereocenters. The van der Waals surface area contributed by atoms with Crippen molar-refractivity contribution >= 4 is 66.9 Å². The SMILES string of the molecule is COc1ccc(I)c(Sc2nc3c([As])ncnc3n2CCNC(C)(C)C)c1. The van der Waals surface area contributed by atoms with Crippen LogP contribution in [0.25, 0.3) is 11.2 Å². The topological polar surface area (TPSA) is 64.9 Å². The normalized spacial score (nSPS) is 11.9. The number of halogens is 1. The van der Waals surface area contributed by atoms with Gasteiger partial charge in [-0.05, 0) is 0 Å². The maximum absolute atomic E-state index is 5.38. The minimum absolute atomic E-state index is 0.0632. The van der Waals surface area contributed by atoms with Crippen LogP contribution in [0.15, 0.2) is 34.6 Å². The summed E-state index contributed by atoms with van der Waals surface area (Å²) < 4.78 is 9.53. The average Bonchev–Trinajstić information content (AvgIpc) is 2.95. The Hall–Kier alpha value is -0.832. The molecule has 0 fully saturated rings. The Morgan fingerprint density at radius 1 is 1.30 bits per heavy atom. The van der Waals surface area contributed by atoms with Crippen molar-refractivity contribution in [3.05, 3.63) is 28.1 Å². The first-order valence-electron chi connectivity index (χ1n) is 8.45. The Balaban J connectivity index is 1.98. The molecule has 1 aromatic carbocycles. The van der Waals surface area contributed by atoms with E-state index in [0.717, 1.165) is 48.1 Å². The van der Waals surface area contributed by atoms with Crippen molar-refractivity contribution in [3.63, 3.8) is 0 Å². The molecule has 0 amide bonds. The van der Waals surface area contributed by atoms with Crippen LogP contribution in [0.2, 0.25) is 0 Å². The molecule has 0 aliphatic heterocycles. The predicted molar refractivity (Wildman–Crippen MR) is 118 cm³/mol. The molecular formula is C18H21AsIN5OS. The van der Waals surface area contributed by atoms with Gasteiger partial charge in [0.25, 0.3) is 0 Å². The Labute approximate surface area is 185 Å². The molecule has 6 nitrogen and oxygen atoms in total.